The summed E-state index contributed by atoms with van der Waals surface area (Å²) in [5.74, 6) is 0.203. The fraction of sp³-hybridized carbons (Fsp3) is 0.333. The van der Waals surface area contributed by atoms with Crippen LogP contribution in [0.5, 0.6) is 11.5 Å². The molecule has 1 aliphatic heterocycles. The van der Waals surface area contributed by atoms with E-state index in [1.807, 2.05) is 17.5 Å². The number of rotatable bonds is 7. The Morgan fingerprint density at radius 3 is 2.89 bits per heavy atom. The second-order valence-corrected chi connectivity index (χ2v) is 9.37. The monoisotopic (exact) mass is 408 g/mol. The van der Waals surface area contributed by atoms with E-state index in [0.717, 1.165) is 10.4 Å². The molecule has 7 nitrogen and oxygen atoms in total. The lowest BCUT2D eigenvalue weighted by Gasteiger charge is -2.10. The highest BCUT2D eigenvalue weighted by molar-refractivity contribution is 7.91. The average Bonchev–Trinajstić information content (AvgIpc) is 3.29. The van der Waals surface area contributed by atoms with Crippen molar-refractivity contribution in [2.75, 3.05) is 18.6 Å². The molecular formula is C18H20N2O5S2. The van der Waals surface area contributed by atoms with Crippen LogP contribution in [0.15, 0.2) is 40.8 Å². The molecule has 1 amide bonds. The summed E-state index contributed by atoms with van der Waals surface area (Å²) in [5, 5.41) is 5.90. The summed E-state index contributed by atoms with van der Waals surface area (Å²) in [7, 11) is -1.54. The summed E-state index contributed by atoms with van der Waals surface area (Å²) in [6.07, 6.45) is 1.82. The Hall–Kier alpha value is -2.39. The topological polar surface area (TPSA) is 94.1 Å². The van der Waals surface area contributed by atoms with E-state index >= 15 is 0 Å². The molecule has 1 aromatic heterocycles. The van der Waals surface area contributed by atoms with Crippen LogP contribution >= 0.6 is 11.3 Å². The molecule has 0 radical (unpaired) electrons. The zero-order chi connectivity index (χ0) is 19.3. The highest BCUT2D eigenvalue weighted by atomic mass is 32.2. The number of benzene rings is 1. The lowest BCUT2D eigenvalue weighted by Crippen LogP contribution is -2.27. The summed E-state index contributed by atoms with van der Waals surface area (Å²) in [6.45, 7) is 0.460. The smallest absolute Gasteiger partial charge is 0.244 e. The molecule has 1 N–H and O–H groups in total. The van der Waals surface area contributed by atoms with Crippen LogP contribution in [0.25, 0.3) is 0 Å². The lowest BCUT2D eigenvalue weighted by molar-refractivity contribution is -0.124. The maximum absolute atomic E-state index is 12.0. The molecule has 0 aliphatic carbocycles. The minimum atomic E-state index is -3.10. The van der Waals surface area contributed by atoms with E-state index in [9.17, 15) is 13.2 Å². The summed E-state index contributed by atoms with van der Waals surface area (Å²) in [5.41, 5.74) is 3.12. The van der Waals surface area contributed by atoms with Crippen molar-refractivity contribution in [3.8, 4) is 11.5 Å². The van der Waals surface area contributed by atoms with E-state index in [1.54, 1.807) is 36.6 Å². The van der Waals surface area contributed by atoms with Crippen molar-refractivity contribution in [2.45, 2.75) is 13.0 Å². The number of methoxy groups -OCH3 is 1. The maximum atomic E-state index is 12.0. The number of thiophene rings is 1. The quantitative estimate of drug-likeness (QED) is 0.560. The molecule has 1 atom stereocenters. The normalized spacial score (nSPS) is 18.5. The third-order valence-corrected chi connectivity index (χ3v) is 6.75. The van der Waals surface area contributed by atoms with Crippen LogP contribution in [-0.4, -0.2) is 39.2 Å². The lowest BCUT2D eigenvalue weighted by atomic mass is 10.1. The highest BCUT2D eigenvalue weighted by Gasteiger charge is 2.32. The van der Waals surface area contributed by atoms with Crippen LogP contribution < -0.4 is 14.9 Å². The number of carbonyl (C=O) groups is 1. The Morgan fingerprint density at radius 2 is 2.22 bits per heavy atom. The first kappa shape index (κ1) is 19.4. The SMILES string of the molecule is COc1cc(/C=N\NC(=O)[C@H]2CCS(=O)(=O)C2)ccc1OCc1cccs1. The van der Waals surface area contributed by atoms with Gasteiger partial charge in [0.15, 0.2) is 21.3 Å². The molecule has 1 aromatic carbocycles. The van der Waals surface area contributed by atoms with E-state index in [4.69, 9.17) is 9.47 Å². The Balaban J connectivity index is 1.58. The number of carbonyl (C=O) groups excluding carboxylic acids is 1. The van der Waals surface area contributed by atoms with Gasteiger partial charge in [0.2, 0.25) is 5.91 Å². The van der Waals surface area contributed by atoms with Gasteiger partial charge in [-0.15, -0.1) is 11.3 Å². The number of hydrogen-bond acceptors (Lipinski definition) is 7. The van der Waals surface area contributed by atoms with E-state index in [0.29, 0.717) is 24.5 Å². The Bertz CT molecular complexity index is 923. The predicted octanol–water partition coefficient (Wildman–Crippen LogP) is 2.22. The van der Waals surface area contributed by atoms with Crippen LogP contribution in [-0.2, 0) is 21.2 Å². The molecule has 3 rings (SSSR count). The molecule has 0 unspecified atom stereocenters. The van der Waals surface area contributed by atoms with Crippen molar-refractivity contribution in [3.63, 3.8) is 0 Å². The number of sulfone groups is 1. The third kappa shape index (κ3) is 5.30. The van der Waals surface area contributed by atoms with Crippen LogP contribution in [0.3, 0.4) is 0 Å². The molecule has 27 heavy (non-hydrogen) atoms. The molecule has 0 spiro atoms. The molecule has 2 heterocycles. The number of hydrazone groups is 1. The molecule has 2 aromatic rings. The number of nitrogens with zero attached hydrogens (tertiary/aromatic N) is 1. The number of nitrogens with one attached hydrogen (secondary N) is 1. The van der Waals surface area contributed by atoms with Crippen molar-refractivity contribution in [1.29, 1.82) is 0 Å². The van der Waals surface area contributed by atoms with Gasteiger partial charge in [-0.05, 0) is 41.6 Å². The van der Waals surface area contributed by atoms with Gasteiger partial charge in [-0.2, -0.15) is 5.10 Å². The van der Waals surface area contributed by atoms with Crippen molar-refractivity contribution in [1.82, 2.24) is 5.43 Å². The van der Waals surface area contributed by atoms with Crippen LogP contribution in [0, 0.1) is 5.92 Å². The molecule has 0 bridgehead atoms. The fourth-order valence-electron chi connectivity index (χ4n) is 2.69. The second-order valence-electron chi connectivity index (χ2n) is 6.11. The van der Waals surface area contributed by atoms with Gasteiger partial charge in [0.1, 0.15) is 6.61 Å². The largest absolute Gasteiger partial charge is 0.493 e. The summed E-state index contributed by atoms with van der Waals surface area (Å²) < 4.78 is 34.0. The molecule has 1 fully saturated rings. The zero-order valence-corrected chi connectivity index (χ0v) is 16.4. The first-order valence-electron chi connectivity index (χ1n) is 8.33. The number of amides is 1. The number of hydrogen-bond donors (Lipinski definition) is 1. The van der Waals surface area contributed by atoms with Gasteiger partial charge >= 0.3 is 0 Å². The fourth-order valence-corrected chi connectivity index (χ4v) is 5.05. The van der Waals surface area contributed by atoms with Gasteiger partial charge in [-0.1, -0.05) is 6.07 Å². The predicted molar refractivity (Wildman–Crippen MR) is 104 cm³/mol. The molecule has 1 aliphatic rings. The summed E-state index contributed by atoms with van der Waals surface area (Å²) in [4.78, 5) is 13.1. The molecular weight excluding hydrogens is 388 g/mol. The average molecular weight is 409 g/mol. The van der Waals surface area contributed by atoms with Gasteiger partial charge in [0.25, 0.3) is 0 Å². The summed E-state index contributed by atoms with van der Waals surface area (Å²) >= 11 is 1.62. The van der Waals surface area contributed by atoms with Gasteiger partial charge in [-0.3, -0.25) is 4.79 Å². The van der Waals surface area contributed by atoms with Crippen LogP contribution in [0.1, 0.15) is 16.9 Å². The molecule has 9 heteroatoms. The van der Waals surface area contributed by atoms with E-state index in [1.165, 1.54) is 6.21 Å². The summed E-state index contributed by atoms with van der Waals surface area (Å²) in [6, 6.07) is 9.28. The van der Waals surface area contributed by atoms with E-state index < -0.39 is 15.8 Å². The Labute approximate surface area is 161 Å². The third-order valence-electron chi connectivity index (χ3n) is 4.13. The minimum absolute atomic E-state index is 0.0545. The first-order chi connectivity index (χ1) is 13.0. The zero-order valence-electron chi connectivity index (χ0n) is 14.8. The van der Waals surface area contributed by atoms with Crippen LogP contribution in [0.4, 0.5) is 0 Å². The highest BCUT2D eigenvalue weighted by Crippen LogP contribution is 2.28. The maximum Gasteiger partial charge on any atom is 0.244 e. The molecule has 0 saturated carbocycles. The second kappa shape index (κ2) is 8.53. The van der Waals surface area contributed by atoms with Crippen molar-refractivity contribution >= 4 is 33.3 Å². The molecule has 1 saturated heterocycles. The van der Waals surface area contributed by atoms with Gasteiger partial charge in [0.05, 0.1) is 30.7 Å². The van der Waals surface area contributed by atoms with Crippen LogP contribution in [0.2, 0.25) is 0 Å². The first-order valence-corrected chi connectivity index (χ1v) is 11.0. The standard InChI is InChI=1S/C18H20N2O5S2/c1-24-17-9-13(4-5-16(17)25-11-15-3-2-7-26-15)10-19-20-18(21)14-6-8-27(22,23)12-14/h2-5,7,9-10,14H,6,8,11-12H2,1H3,(H,20,21)/b19-10-/t14-/m0/s1. The Morgan fingerprint density at radius 1 is 1.37 bits per heavy atom. The number of ether oxygens (including phenoxy) is 2. The van der Waals surface area contributed by atoms with E-state index in [2.05, 4.69) is 10.5 Å². The van der Waals surface area contributed by atoms with Crippen molar-refractivity contribution in [3.05, 3.63) is 46.2 Å². The molecule has 144 valence electrons. The minimum Gasteiger partial charge on any atom is -0.493 e. The van der Waals surface area contributed by atoms with Crippen molar-refractivity contribution in [2.24, 2.45) is 11.0 Å². The Kier molecular flexibility index (Phi) is 6.12. The van der Waals surface area contributed by atoms with Crippen molar-refractivity contribution < 1.29 is 22.7 Å². The van der Waals surface area contributed by atoms with E-state index in [-0.39, 0.29) is 17.4 Å². The van der Waals surface area contributed by atoms with Gasteiger partial charge in [0, 0.05) is 4.88 Å². The van der Waals surface area contributed by atoms with Gasteiger partial charge < -0.3 is 9.47 Å². The van der Waals surface area contributed by atoms with Gasteiger partial charge in [-0.25, -0.2) is 13.8 Å².